The molecule has 92 valence electrons. The van der Waals surface area contributed by atoms with Crippen molar-refractivity contribution < 1.29 is 13.9 Å². The fourth-order valence-electron chi connectivity index (χ4n) is 2.51. The molecule has 0 radical (unpaired) electrons. The van der Waals surface area contributed by atoms with Crippen LogP contribution < -0.4 is 5.32 Å². The minimum Gasteiger partial charge on any atom is -0.343 e. The van der Waals surface area contributed by atoms with E-state index < -0.39 is 5.79 Å². The molecule has 17 heavy (non-hydrogen) atoms. The van der Waals surface area contributed by atoms with E-state index in [9.17, 15) is 4.39 Å². The van der Waals surface area contributed by atoms with Gasteiger partial charge in [0.2, 0.25) is 0 Å². The maximum absolute atomic E-state index is 12.9. The summed E-state index contributed by atoms with van der Waals surface area (Å²) in [6.45, 7) is 2.40. The summed E-state index contributed by atoms with van der Waals surface area (Å²) in [7, 11) is 0. The van der Waals surface area contributed by atoms with Gasteiger partial charge in [-0.15, -0.1) is 0 Å². The Morgan fingerprint density at radius 3 is 2.94 bits per heavy atom. The Morgan fingerprint density at radius 2 is 2.12 bits per heavy atom. The Hall–Kier alpha value is -0.970. The van der Waals surface area contributed by atoms with Crippen LogP contribution >= 0.6 is 0 Å². The fraction of sp³-hybridized carbons (Fsp3) is 0.538. The maximum atomic E-state index is 12.9. The summed E-state index contributed by atoms with van der Waals surface area (Å²) in [6.07, 6.45) is 1.90. The van der Waals surface area contributed by atoms with E-state index in [4.69, 9.17) is 9.47 Å². The lowest BCUT2D eigenvalue weighted by atomic mass is 10.00. The fourth-order valence-corrected chi connectivity index (χ4v) is 2.51. The van der Waals surface area contributed by atoms with Crippen molar-refractivity contribution in [2.75, 3.05) is 19.7 Å². The Balaban J connectivity index is 1.90. The summed E-state index contributed by atoms with van der Waals surface area (Å²) >= 11 is 0. The van der Waals surface area contributed by atoms with Gasteiger partial charge in [-0.2, -0.15) is 0 Å². The van der Waals surface area contributed by atoms with Crippen LogP contribution in [0.5, 0.6) is 0 Å². The number of benzene rings is 1. The summed E-state index contributed by atoms with van der Waals surface area (Å²) in [5, 5.41) is 3.33. The van der Waals surface area contributed by atoms with E-state index in [0.29, 0.717) is 6.61 Å². The average molecular weight is 237 g/mol. The number of ether oxygens (including phenoxy) is 2. The van der Waals surface area contributed by atoms with Crippen molar-refractivity contribution in [2.45, 2.75) is 24.7 Å². The largest absolute Gasteiger partial charge is 0.343 e. The molecule has 1 aromatic rings. The second-order valence-corrected chi connectivity index (χ2v) is 4.62. The van der Waals surface area contributed by atoms with Crippen molar-refractivity contribution in [3.05, 3.63) is 35.6 Å². The lowest BCUT2D eigenvalue weighted by Crippen LogP contribution is -2.36. The van der Waals surface area contributed by atoms with Crippen LogP contribution in [0.4, 0.5) is 4.39 Å². The Bertz CT molecular complexity index is 395. The summed E-state index contributed by atoms with van der Waals surface area (Å²) in [5.41, 5.74) is 0.920. The Labute approximate surface area is 99.9 Å². The molecule has 0 spiro atoms. The first-order valence-corrected chi connectivity index (χ1v) is 6.07. The molecule has 3 nitrogen and oxygen atoms in total. The zero-order chi connectivity index (χ0) is 11.7. The number of hydrogen-bond donors (Lipinski definition) is 1. The third-order valence-electron chi connectivity index (χ3n) is 3.37. The molecular weight excluding hydrogens is 221 g/mol. The highest BCUT2D eigenvalue weighted by Gasteiger charge is 2.43. The van der Waals surface area contributed by atoms with Crippen molar-refractivity contribution in [3.8, 4) is 0 Å². The molecule has 2 heterocycles. The molecule has 0 amide bonds. The summed E-state index contributed by atoms with van der Waals surface area (Å²) in [5.74, 6) is -0.882. The van der Waals surface area contributed by atoms with Crippen LogP contribution in [0.2, 0.25) is 0 Å². The molecule has 2 unspecified atom stereocenters. The Morgan fingerprint density at radius 1 is 1.29 bits per heavy atom. The molecule has 2 atom stereocenters. The molecule has 0 saturated carbocycles. The van der Waals surface area contributed by atoms with Gasteiger partial charge in [0.1, 0.15) is 5.82 Å². The molecule has 1 N–H and O–H groups in total. The summed E-state index contributed by atoms with van der Waals surface area (Å²) in [4.78, 5) is 0. The zero-order valence-electron chi connectivity index (χ0n) is 9.62. The van der Waals surface area contributed by atoms with E-state index in [1.54, 1.807) is 12.1 Å². The molecule has 0 aromatic heterocycles. The first-order chi connectivity index (χ1) is 8.28. The van der Waals surface area contributed by atoms with Crippen molar-refractivity contribution in [1.29, 1.82) is 0 Å². The average Bonchev–Trinajstić information content (AvgIpc) is 2.74. The molecule has 2 bridgehead atoms. The maximum Gasteiger partial charge on any atom is 0.195 e. The Kier molecular flexibility index (Phi) is 2.86. The van der Waals surface area contributed by atoms with Gasteiger partial charge in [0, 0.05) is 18.5 Å². The van der Waals surface area contributed by atoms with E-state index >= 15 is 0 Å². The molecule has 2 aliphatic rings. The summed E-state index contributed by atoms with van der Waals surface area (Å²) < 4.78 is 24.8. The van der Waals surface area contributed by atoms with Crippen LogP contribution in [0, 0.1) is 5.82 Å². The molecule has 0 aliphatic carbocycles. The topological polar surface area (TPSA) is 30.5 Å². The standard InChI is InChI=1S/C13H16FNO2/c14-11-4-2-10(3-5-11)13-6-1-7-15-8-12(17-13)9-16-13/h2-5,12,15H,1,6-9H2. The van der Waals surface area contributed by atoms with Crippen LogP contribution in [-0.4, -0.2) is 25.8 Å². The summed E-state index contributed by atoms with van der Waals surface area (Å²) in [6, 6.07) is 6.43. The highest BCUT2D eigenvalue weighted by Crippen LogP contribution is 2.38. The molecule has 2 aliphatic heterocycles. The molecule has 3 rings (SSSR count). The van der Waals surface area contributed by atoms with Crippen LogP contribution in [-0.2, 0) is 15.3 Å². The van der Waals surface area contributed by atoms with Gasteiger partial charge in [-0.25, -0.2) is 4.39 Å². The molecule has 2 fully saturated rings. The van der Waals surface area contributed by atoms with E-state index in [1.807, 2.05) is 0 Å². The number of nitrogens with one attached hydrogen (secondary N) is 1. The first kappa shape index (κ1) is 11.1. The van der Waals surface area contributed by atoms with Gasteiger partial charge >= 0.3 is 0 Å². The monoisotopic (exact) mass is 237 g/mol. The van der Waals surface area contributed by atoms with Gasteiger partial charge in [-0.1, -0.05) is 12.1 Å². The normalized spacial score (nSPS) is 33.1. The minimum atomic E-state index is -0.652. The first-order valence-electron chi connectivity index (χ1n) is 6.07. The van der Waals surface area contributed by atoms with Crippen LogP contribution in [0.3, 0.4) is 0 Å². The van der Waals surface area contributed by atoms with Gasteiger partial charge in [0.25, 0.3) is 0 Å². The second-order valence-electron chi connectivity index (χ2n) is 4.62. The molecule has 1 aromatic carbocycles. The minimum absolute atomic E-state index is 0.0975. The van der Waals surface area contributed by atoms with Crippen LogP contribution in [0.15, 0.2) is 24.3 Å². The van der Waals surface area contributed by atoms with Gasteiger partial charge in [0.15, 0.2) is 5.79 Å². The third-order valence-corrected chi connectivity index (χ3v) is 3.37. The SMILES string of the molecule is Fc1ccc(C23CCCNCC(CO2)O3)cc1. The quantitative estimate of drug-likeness (QED) is 0.807. The number of halogens is 1. The highest BCUT2D eigenvalue weighted by molar-refractivity contribution is 5.22. The van der Waals surface area contributed by atoms with E-state index in [2.05, 4.69) is 5.32 Å². The second kappa shape index (κ2) is 4.37. The predicted octanol–water partition coefficient (Wildman–Crippen LogP) is 1.78. The number of rotatable bonds is 1. The van der Waals surface area contributed by atoms with E-state index in [0.717, 1.165) is 31.5 Å². The van der Waals surface area contributed by atoms with Crippen LogP contribution in [0.25, 0.3) is 0 Å². The number of hydrogen-bond acceptors (Lipinski definition) is 3. The predicted molar refractivity (Wildman–Crippen MR) is 61.0 cm³/mol. The van der Waals surface area contributed by atoms with Gasteiger partial charge in [-0.05, 0) is 25.1 Å². The third kappa shape index (κ3) is 2.08. The van der Waals surface area contributed by atoms with Gasteiger partial charge in [0.05, 0.1) is 12.7 Å². The molecule has 2 saturated heterocycles. The molecular formula is C13H16FNO2. The van der Waals surface area contributed by atoms with Crippen molar-refractivity contribution in [2.24, 2.45) is 0 Å². The van der Waals surface area contributed by atoms with Crippen LogP contribution in [0.1, 0.15) is 18.4 Å². The van der Waals surface area contributed by atoms with E-state index in [-0.39, 0.29) is 11.9 Å². The highest BCUT2D eigenvalue weighted by atomic mass is 19.1. The van der Waals surface area contributed by atoms with Gasteiger partial charge < -0.3 is 14.8 Å². The molecule has 4 heteroatoms. The number of fused-ring (bicyclic) bond motifs is 2. The van der Waals surface area contributed by atoms with E-state index in [1.165, 1.54) is 12.1 Å². The lowest BCUT2D eigenvalue weighted by Gasteiger charge is -2.30. The van der Waals surface area contributed by atoms with Crippen molar-refractivity contribution in [1.82, 2.24) is 5.32 Å². The van der Waals surface area contributed by atoms with Crippen molar-refractivity contribution >= 4 is 0 Å². The smallest absolute Gasteiger partial charge is 0.195 e. The van der Waals surface area contributed by atoms with Gasteiger partial charge in [-0.3, -0.25) is 0 Å². The zero-order valence-corrected chi connectivity index (χ0v) is 9.62. The van der Waals surface area contributed by atoms with Crippen molar-refractivity contribution in [3.63, 3.8) is 0 Å². The lowest BCUT2D eigenvalue weighted by molar-refractivity contribution is -0.184.